The molecule has 0 spiro atoms. The Labute approximate surface area is 189 Å². The number of nitrogen functional groups attached to an aromatic ring is 1. The highest BCUT2D eigenvalue weighted by Gasteiger charge is 2.32. The number of ether oxygens (including phenoxy) is 2. The number of likely N-dealkylation sites (tertiary alicyclic amines) is 2. The van der Waals surface area contributed by atoms with Crippen molar-refractivity contribution in [2.24, 2.45) is 0 Å². The number of hydrogen-bond acceptors (Lipinski definition) is 7. The molecule has 1 amide bonds. The SMILES string of the molecule is COc1cc(N)c(Cl)cc1C(=O)N[C@@H]1CCN(C[C@@H](O)CN2CCCCC2)C[C@@H]1OC. The van der Waals surface area contributed by atoms with Crippen molar-refractivity contribution in [2.75, 3.05) is 59.2 Å². The van der Waals surface area contributed by atoms with Crippen molar-refractivity contribution in [1.82, 2.24) is 15.1 Å². The average molecular weight is 455 g/mol. The van der Waals surface area contributed by atoms with Gasteiger partial charge in [-0.3, -0.25) is 9.69 Å². The van der Waals surface area contributed by atoms with Crippen molar-refractivity contribution in [2.45, 2.75) is 43.9 Å². The minimum Gasteiger partial charge on any atom is -0.496 e. The van der Waals surface area contributed by atoms with E-state index in [2.05, 4.69) is 15.1 Å². The summed E-state index contributed by atoms with van der Waals surface area (Å²) in [5.41, 5.74) is 6.52. The monoisotopic (exact) mass is 454 g/mol. The Morgan fingerprint density at radius 3 is 2.61 bits per heavy atom. The maximum atomic E-state index is 12.9. The van der Waals surface area contributed by atoms with Gasteiger partial charge in [-0.2, -0.15) is 0 Å². The van der Waals surface area contributed by atoms with Crippen molar-refractivity contribution >= 4 is 23.2 Å². The quantitative estimate of drug-likeness (QED) is 0.513. The Hall–Kier alpha value is -1.58. The molecule has 2 fully saturated rings. The molecule has 4 N–H and O–H groups in total. The summed E-state index contributed by atoms with van der Waals surface area (Å²) >= 11 is 6.10. The fourth-order valence-corrected chi connectivity index (χ4v) is 4.67. The Bertz CT molecular complexity index is 744. The molecule has 0 saturated carbocycles. The second kappa shape index (κ2) is 11.3. The topological polar surface area (TPSA) is 100 Å². The number of anilines is 1. The molecule has 0 aliphatic carbocycles. The van der Waals surface area contributed by atoms with Gasteiger partial charge in [0.2, 0.25) is 0 Å². The molecule has 2 saturated heterocycles. The Balaban J connectivity index is 1.55. The molecule has 2 aliphatic rings. The largest absolute Gasteiger partial charge is 0.496 e. The van der Waals surface area contributed by atoms with E-state index in [-0.39, 0.29) is 24.2 Å². The predicted octanol–water partition coefficient (Wildman–Crippen LogP) is 1.60. The van der Waals surface area contributed by atoms with Crippen LogP contribution in [0.5, 0.6) is 5.75 Å². The number of aliphatic hydroxyl groups is 1. The molecule has 8 nitrogen and oxygen atoms in total. The van der Waals surface area contributed by atoms with E-state index in [1.807, 2.05) is 0 Å². The van der Waals surface area contributed by atoms with Crippen LogP contribution in [0.4, 0.5) is 5.69 Å². The van der Waals surface area contributed by atoms with Gasteiger partial charge in [0.05, 0.1) is 41.6 Å². The molecule has 0 aromatic heterocycles. The zero-order valence-electron chi connectivity index (χ0n) is 18.5. The molecular weight excluding hydrogens is 420 g/mol. The number of methoxy groups -OCH3 is 2. The summed E-state index contributed by atoms with van der Waals surface area (Å²) < 4.78 is 11.0. The standard InChI is InChI=1S/C22H35ClN4O4/c1-30-20-11-18(24)17(23)10-16(20)22(29)25-19-6-9-27(14-21(19)31-2)13-15(28)12-26-7-4-3-5-8-26/h10-11,15,19,21,28H,3-9,12-14,24H2,1-2H3,(H,25,29)/t15-,19+,21-/m0/s1. The number of aliphatic hydroxyl groups excluding tert-OH is 1. The molecule has 174 valence electrons. The summed E-state index contributed by atoms with van der Waals surface area (Å²) in [5, 5.41) is 13.9. The van der Waals surface area contributed by atoms with Gasteiger partial charge in [0.15, 0.2) is 0 Å². The van der Waals surface area contributed by atoms with Gasteiger partial charge >= 0.3 is 0 Å². The van der Waals surface area contributed by atoms with Crippen molar-refractivity contribution < 1.29 is 19.4 Å². The van der Waals surface area contributed by atoms with E-state index in [4.69, 9.17) is 26.8 Å². The molecule has 9 heteroatoms. The lowest BCUT2D eigenvalue weighted by Gasteiger charge is -2.39. The molecular formula is C22H35ClN4O4. The van der Waals surface area contributed by atoms with Crippen LogP contribution in [-0.4, -0.2) is 92.6 Å². The first-order valence-electron chi connectivity index (χ1n) is 11.0. The number of hydrogen-bond donors (Lipinski definition) is 3. The highest BCUT2D eigenvalue weighted by Crippen LogP contribution is 2.29. The van der Waals surface area contributed by atoms with Crippen molar-refractivity contribution in [3.63, 3.8) is 0 Å². The fraction of sp³-hybridized carbons (Fsp3) is 0.682. The van der Waals surface area contributed by atoms with Gasteiger partial charge < -0.3 is 30.5 Å². The molecule has 0 radical (unpaired) electrons. The van der Waals surface area contributed by atoms with Gasteiger partial charge in [0.1, 0.15) is 5.75 Å². The first-order valence-corrected chi connectivity index (χ1v) is 11.4. The van der Waals surface area contributed by atoms with Crippen LogP contribution >= 0.6 is 11.6 Å². The third-order valence-corrected chi connectivity index (χ3v) is 6.54. The van der Waals surface area contributed by atoms with Gasteiger partial charge in [-0.25, -0.2) is 0 Å². The number of halogens is 1. The van der Waals surface area contributed by atoms with Crippen LogP contribution in [0.1, 0.15) is 36.0 Å². The number of nitrogens with two attached hydrogens (primary N) is 1. The number of amides is 1. The summed E-state index contributed by atoms with van der Waals surface area (Å²) in [6.07, 6.45) is 3.89. The number of piperidine rings is 2. The maximum Gasteiger partial charge on any atom is 0.255 e. The Morgan fingerprint density at radius 2 is 1.94 bits per heavy atom. The number of carbonyl (C=O) groups is 1. The van der Waals surface area contributed by atoms with Crippen molar-refractivity contribution in [3.8, 4) is 5.75 Å². The van der Waals surface area contributed by atoms with Crippen LogP contribution in [0, 0.1) is 0 Å². The minimum absolute atomic E-state index is 0.144. The highest BCUT2D eigenvalue weighted by molar-refractivity contribution is 6.33. The number of nitrogens with zero attached hydrogens (tertiary/aromatic N) is 2. The second-order valence-electron chi connectivity index (χ2n) is 8.49. The second-order valence-corrected chi connectivity index (χ2v) is 8.90. The smallest absolute Gasteiger partial charge is 0.255 e. The Kier molecular flexibility index (Phi) is 8.80. The molecule has 2 aliphatic heterocycles. The van der Waals surface area contributed by atoms with Gasteiger partial charge in [0.25, 0.3) is 5.91 Å². The van der Waals surface area contributed by atoms with Gasteiger partial charge in [-0.05, 0) is 38.4 Å². The van der Waals surface area contributed by atoms with Gasteiger partial charge in [0, 0.05) is 39.4 Å². The fourth-order valence-electron chi connectivity index (χ4n) is 4.51. The lowest BCUT2D eigenvalue weighted by molar-refractivity contribution is -0.0122. The van der Waals surface area contributed by atoms with E-state index in [1.165, 1.54) is 32.4 Å². The third kappa shape index (κ3) is 6.46. The Morgan fingerprint density at radius 1 is 1.23 bits per heavy atom. The van der Waals surface area contributed by atoms with E-state index in [1.54, 1.807) is 13.2 Å². The molecule has 1 aromatic carbocycles. The normalized spacial score (nSPS) is 24.0. The zero-order chi connectivity index (χ0) is 22.4. The maximum absolute atomic E-state index is 12.9. The van der Waals surface area contributed by atoms with Crippen molar-refractivity contribution in [1.29, 1.82) is 0 Å². The van der Waals surface area contributed by atoms with Crippen LogP contribution in [0.25, 0.3) is 0 Å². The molecule has 2 heterocycles. The molecule has 31 heavy (non-hydrogen) atoms. The van der Waals surface area contributed by atoms with E-state index in [0.29, 0.717) is 41.7 Å². The van der Waals surface area contributed by atoms with Crippen LogP contribution in [0.15, 0.2) is 12.1 Å². The molecule has 3 atom stereocenters. The predicted molar refractivity (Wildman–Crippen MR) is 122 cm³/mol. The van der Waals surface area contributed by atoms with Gasteiger partial charge in [-0.15, -0.1) is 0 Å². The number of benzene rings is 1. The average Bonchev–Trinajstić information content (AvgIpc) is 2.76. The van der Waals surface area contributed by atoms with E-state index in [0.717, 1.165) is 26.1 Å². The molecule has 1 aromatic rings. The highest BCUT2D eigenvalue weighted by atomic mass is 35.5. The van der Waals surface area contributed by atoms with Crippen LogP contribution < -0.4 is 15.8 Å². The summed E-state index contributed by atoms with van der Waals surface area (Å²) in [4.78, 5) is 17.5. The molecule has 3 rings (SSSR count). The van der Waals surface area contributed by atoms with Crippen LogP contribution in [-0.2, 0) is 4.74 Å². The number of rotatable bonds is 8. The molecule has 0 bridgehead atoms. The van der Waals surface area contributed by atoms with Crippen molar-refractivity contribution in [3.05, 3.63) is 22.7 Å². The van der Waals surface area contributed by atoms with E-state index < -0.39 is 0 Å². The number of β-amino-alcohol motifs (C(OH)–C–C–N with tert-alkyl or cyclic N) is 1. The summed E-state index contributed by atoms with van der Waals surface area (Å²) in [6.45, 7) is 4.90. The number of nitrogens with one attached hydrogen (secondary N) is 1. The minimum atomic E-state index is -0.386. The summed E-state index contributed by atoms with van der Waals surface area (Å²) in [5.74, 6) is 0.107. The summed E-state index contributed by atoms with van der Waals surface area (Å²) in [6, 6.07) is 2.94. The first kappa shape index (κ1) is 24.1. The summed E-state index contributed by atoms with van der Waals surface area (Å²) in [7, 11) is 3.14. The zero-order valence-corrected chi connectivity index (χ0v) is 19.2. The molecule has 0 unspecified atom stereocenters. The van der Waals surface area contributed by atoms with E-state index in [9.17, 15) is 9.90 Å². The lowest BCUT2D eigenvalue weighted by atomic mass is 10.00. The van der Waals surface area contributed by atoms with E-state index >= 15 is 0 Å². The number of carbonyl (C=O) groups excluding carboxylic acids is 1. The van der Waals surface area contributed by atoms with Gasteiger partial charge in [-0.1, -0.05) is 18.0 Å². The first-order chi connectivity index (χ1) is 14.9. The van der Waals surface area contributed by atoms with Crippen LogP contribution in [0.2, 0.25) is 5.02 Å². The lowest BCUT2D eigenvalue weighted by Crippen LogP contribution is -2.56. The third-order valence-electron chi connectivity index (χ3n) is 6.21. The van der Waals surface area contributed by atoms with Crippen LogP contribution in [0.3, 0.4) is 0 Å².